The zero-order chi connectivity index (χ0) is 17.0. The molecule has 2 aromatic rings. The van der Waals surface area contributed by atoms with E-state index < -0.39 is 16.0 Å². The van der Waals surface area contributed by atoms with Crippen molar-refractivity contribution in [2.75, 3.05) is 18.5 Å². The number of ether oxygens (including phenoxy) is 2. The minimum atomic E-state index is -3.88. The third-order valence-electron chi connectivity index (χ3n) is 2.94. The molecule has 10 heteroatoms. The number of carbonyl (C=O) groups is 1. The summed E-state index contributed by atoms with van der Waals surface area (Å²) in [5.74, 6) is -0.134. The van der Waals surface area contributed by atoms with E-state index in [4.69, 9.17) is 9.47 Å². The minimum absolute atomic E-state index is 0.0193. The summed E-state index contributed by atoms with van der Waals surface area (Å²) in [5, 5.41) is 7.25. The number of nitrogens with one attached hydrogen (secondary N) is 1. The monoisotopic (exact) mass is 340 g/mol. The first kappa shape index (κ1) is 16.7. The highest BCUT2D eigenvalue weighted by Crippen LogP contribution is 2.16. The normalized spacial score (nSPS) is 11.1. The molecular weight excluding hydrogens is 324 g/mol. The van der Waals surface area contributed by atoms with Crippen LogP contribution in [0.25, 0.3) is 0 Å². The van der Waals surface area contributed by atoms with Crippen molar-refractivity contribution in [2.45, 2.75) is 18.7 Å². The number of carbonyl (C=O) groups excluding carboxylic acids is 1. The Balaban J connectivity index is 2.25. The molecule has 0 aliphatic heterocycles. The summed E-state index contributed by atoms with van der Waals surface area (Å²) in [5.41, 5.74) is 0.171. The van der Waals surface area contributed by atoms with Gasteiger partial charge in [0.05, 0.1) is 24.3 Å². The molecule has 0 spiro atoms. The molecule has 1 aromatic carbocycles. The van der Waals surface area contributed by atoms with Gasteiger partial charge < -0.3 is 9.47 Å². The van der Waals surface area contributed by atoms with E-state index in [0.29, 0.717) is 5.75 Å². The van der Waals surface area contributed by atoms with Crippen LogP contribution in [0.1, 0.15) is 23.1 Å². The summed E-state index contributed by atoms with van der Waals surface area (Å²) in [6.45, 7) is 3.34. The zero-order valence-corrected chi connectivity index (χ0v) is 13.6. The lowest BCUT2D eigenvalue weighted by atomic mass is 10.3. The Morgan fingerprint density at radius 3 is 2.52 bits per heavy atom. The average Bonchev–Trinajstić information content (AvgIpc) is 2.88. The summed E-state index contributed by atoms with van der Waals surface area (Å²) in [6, 6.07) is 5.82. The number of benzene rings is 1. The van der Waals surface area contributed by atoms with Crippen molar-refractivity contribution in [1.82, 2.24) is 15.1 Å². The van der Waals surface area contributed by atoms with E-state index in [9.17, 15) is 13.2 Å². The van der Waals surface area contributed by atoms with Gasteiger partial charge in [0.1, 0.15) is 5.75 Å². The number of hydrogen-bond donors (Lipinski definition) is 1. The van der Waals surface area contributed by atoms with E-state index in [2.05, 4.69) is 15.1 Å². The van der Waals surface area contributed by atoms with Crippen LogP contribution in [-0.4, -0.2) is 43.2 Å². The number of hydrogen-bond acceptors (Lipinski definition) is 7. The van der Waals surface area contributed by atoms with E-state index in [0.717, 1.165) is 4.79 Å². The van der Waals surface area contributed by atoms with E-state index in [1.165, 1.54) is 38.3 Å². The van der Waals surface area contributed by atoms with Crippen molar-refractivity contribution in [1.29, 1.82) is 0 Å². The third kappa shape index (κ3) is 3.59. The molecule has 0 aliphatic rings. The van der Waals surface area contributed by atoms with Crippen LogP contribution in [0.15, 0.2) is 29.2 Å². The van der Waals surface area contributed by atoms with Gasteiger partial charge in [-0.05, 0) is 43.3 Å². The van der Waals surface area contributed by atoms with Gasteiger partial charge in [0.25, 0.3) is 10.0 Å². The standard InChI is InChI=1S/C13H16N4O5S/c1-4-22-13(18)12-9(2)17(15-14-12)16-23(19,20)11-7-5-10(21-3)6-8-11/h5-8,16H,4H2,1-3H3. The second-order valence-corrected chi connectivity index (χ2v) is 6.09. The number of sulfonamides is 1. The van der Waals surface area contributed by atoms with Crippen molar-refractivity contribution in [3.8, 4) is 5.75 Å². The van der Waals surface area contributed by atoms with Gasteiger partial charge in [-0.3, -0.25) is 0 Å². The first-order valence-corrected chi connectivity index (χ1v) is 8.13. The average molecular weight is 340 g/mol. The van der Waals surface area contributed by atoms with Gasteiger partial charge >= 0.3 is 5.97 Å². The van der Waals surface area contributed by atoms with Gasteiger partial charge in [-0.2, -0.15) is 13.2 Å². The Kier molecular flexibility index (Phi) is 4.84. The van der Waals surface area contributed by atoms with E-state index in [1.54, 1.807) is 6.92 Å². The molecule has 2 rings (SSSR count). The van der Waals surface area contributed by atoms with Crippen LogP contribution >= 0.6 is 0 Å². The Morgan fingerprint density at radius 2 is 1.96 bits per heavy atom. The van der Waals surface area contributed by atoms with Crippen molar-refractivity contribution >= 4 is 16.0 Å². The smallest absolute Gasteiger partial charge is 0.360 e. The van der Waals surface area contributed by atoms with Gasteiger partial charge in [0, 0.05) is 0 Å². The fourth-order valence-electron chi connectivity index (χ4n) is 1.73. The van der Waals surface area contributed by atoms with Crippen LogP contribution in [0.2, 0.25) is 0 Å². The van der Waals surface area contributed by atoms with Crippen LogP contribution in [-0.2, 0) is 14.8 Å². The van der Waals surface area contributed by atoms with Gasteiger partial charge in [0.2, 0.25) is 0 Å². The molecule has 23 heavy (non-hydrogen) atoms. The first-order chi connectivity index (χ1) is 10.9. The van der Waals surface area contributed by atoms with Gasteiger partial charge in [0.15, 0.2) is 5.69 Å². The third-order valence-corrected chi connectivity index (χ3v) is 4.25. The molecule has 124 valence electrons. The van der Waals surface area contributed by atoms with Crippen LogP contribution in [0.5, 0.6) is 5.75 Å². The van der Waals surface area contributed by atoms with E-state index >= 15 is 0 Å². The number of rotatable bonds is 6. The molecule has 0 saturated heterocycles. The maximum Gasteiger partial charge on any atom is 0.360 e. The largest absolute Gasteiger partial charge is 0.497 e. The highest BCUT2D eigenvalue weighted by Gasteiger charge is 2.21. The van der Waals surface area contributed by atoms with Crippen LogP contribution in [0, 0.1) is 6.92 Å². The maximum atomic E-state index is 12.3. The van der Waals surface area contributed by atoms with Crippen molar-refractivity contribution in [3.63, 3.8) is 0 Å². The number of methoxy groups -OCH3 is 1. The number of aromatic nitrogens is 3. The maximum absolute atomic E-state index is 12.3. The fourth-order valence-corrected chi connectivity index (χ4v) is 2.73. The van der Waals surface area contributed by atoms with Crippen molar-refractivity contribution < 1.29 is 22.7 Å². The lowest BCUT2D eigenvalue weighted by molar-refractivity contribution is 0.0518. The minimum Gasteiger partial charge on any atom is -0.497 e. The van der Waals surface area contributed by atoms with Crippen LogP contribution in [0.3, 0.4) is 0 Å². The van der Waals surface area contributed by atoms with E-state index in [-0.39, 0.29) is 22.9 Å². The summed E-state index contributed by atoms with van der Waals surface area (Å²) >= 11 is 0. The van der Waals surface area contributed by atoms with Gasteiger partial charge in [-0.15, -0.1) is 9.89 Å². The molecule has 1 heterocycles. The number of nitrogens with zero attached hydrogens (tertiary/aromatic N) is 3. The summed E-state index contributed by atoms with van der Waals surface area (Å²) < 4.78 is 34.4. The lowest BCUT2D eigenvalue weighted by Crippen LogP contribution is -2.25. The predicted octanol–water partition coefficient (Wildman–Crippen LogP) is 0.704. The summed E-state index contributed by atoms with van der Waals surface area (Å²) in [7, 11) is -2.40. The molecule has 1 aromatic heterocycles. The molecule has 0 fully saturated rings. The summed E-state index contributed by atoms with van der Waals surface area (Å²) in [6.07, 6.45) is 0. The molecule has 0 radical (unpaired) electrons. The molecule has 9 nitrogen and oxygen atoms in total. The summed E-state index contributed by atoms with van der Waals surface area (Å²) in [4.78, 5) is 14.8. The van der Waals surface area contributed by atoms with Crippen molar-refractivity contribution in [3.05, 3.63) is 35.7 Å². The van der Waals surface area contributed by atoms with Crippen LogP contribution < -0.4 is 9.57 Å². The SMILES string of the molecule is CCOC(=O)c1nnn(NS(=O)(=O)c2ccc(OC)cc2)c1C. The molecule has 0 atom stereocenters. The molecule has 0 bridgehead atoms. The topological polar surface area (TPSA) is 112 Å². The van der Waals surface area contributed by atoms with Crippen molar-refractivity contribution in [2.24, 2.45) is 0 Å². The Hall–Kier alpha value is -2.62. The quantitative estimate of drug-likeness (QED) is 0.770. The molecule has 1 N–H and O–H groups in total. The first-order valence-electron chi connectivity index (χ1n) is 6.65. The molecule has 0 saturated carbocycles. The van der Waals surface area contributed by atoms with E-state index in [1.807, 2.05) is 0 Å². The Labute approximate surface area is 133 Å². The number of esters is 1. The Morgan fingerprint density at radius 1 is 1.30 bits per heavy atom. The highest BCUT2D eigenvalue weighted by molar-refractivity contribution is 7.92. The predicted molar refractivity (Wildman–Crippen MR) is 80.3 cm³/mol. The van der Waals surface area contributed by atoms with Gasteiger partial charge in [-0.25, -0.2) is 4.79 Å². The second kappa shape index (κ2) is 6.65. The van der Waals surface area contributed by atoms with Crippen LogP contribution in [0.4, 0.5) is 0 Å². The molecule has 0 unspecified atom stereocenters. The fraction of sp³-hybridized carbons (Fsp3) is 0.308. The molecule has 0 aliphatic carbocycles. The highest BCUT2D eigenvalue weighted by atomic mass is 32.2. The Bertz CT molecular complexity index is 798. The lowest BCUT2D eigenvalue weighted by Gasteiger charge is -2.09. The second-order valence-electron chi connectivity index (χ2n) is 4.43. The van der Waals surface area contributed by atoms with Gasteiger partial charge in [-0.1, -0.05) is 0 Å². The molecule has 0 amide bonds. The zero-order valence-electron chi connectivity index (χ0n) is 12.8. The molecular formula is C13H16N4O5S.